The van der Waals surface area contributed by atoms with Crippen molar-refractivity contribution in [1.29, 1.82) is 0 Å². The predicted molar refractivity (Wildman–Crippen MR) is 106 cm³/mol. The van der Waals surface area contributed by atoms with E-state index in [2.05, 4.69) is 15.4 Å². The van der Waals surface area contributed by atoms with Crippen LogP contribution in [0.1, 0.15) is 43.1 Å². The lowest BCUT2D eigenvalue weighted by atomic mass is 10.2. The molecular formula is C17H22Cl3N5O. The number of aromatic nitrogens is 3. The van der Waals surface area contributed by atoms with Crippen LogP contribution in [0.2, 0.25) is 10.0 Å². The minimum absolute atomic E-state index is 0. The second-order valence-corrected chi connectivity index (χ2v) is 7.30. The third kappa shape index (κ3) is 3.98. The average molecular weight is 419 g/mol. The van der Waals surface area contributed by atoms with Gasteiger partial charge in [0.25, 0.3) is 5.91 Å². The molecule has 6 nitrogen and oxygen atoms in total. The summed E-state index contributed by atoms with van der Waals surface area (Å²) in [5, 5.41) is 8.66. The molecule has 1 amide bonds. The van der Waals surface area contributed by atoms with Crippen LogP contribution in [-0.4, -0.2) is 51.2 Å². The largest absolute Gasteiger partial charge is 0.331 e. The van der Waals surface area contributed by atoms with Gasteiger partial charge < -0.3 is 10.2 Å². The summed E-state index contributed by atoms with van der Waals surface area (Å²) in [7, 11) is 0. The third-order valence-corrected chi connectivity index (χ3v) is 4.86. The minimum atomic E-state index is -0.169. The maximum Gasteiger partial charge on any atom is 0.293 e. The smallest absolute Gasteiger partial charge is 0.293 e. The first kappa shape index (κ1) is 21.0. The van der Waals surface area contributed by atoms with Crippen LogP contribution in [-0.2, 0) is 0 Å². The van der Waals surface area contributed by atoms with E-state index < -0.39 is 0 Å². The highest BCUT2D eigenvalue weighted by atomic mass is 35.5. The Bertz CT molecular complexity index is 772. The average Bonchev–Trinajstić information content (AvgIpc) is 3.00. The summed E-state index contributed by atoms with van der Waals surface area (Å²) in [6, 6.07) is 5.36. The summed E-state index contributed by atoms with van der Waals surface area (Å²) in [6.07, 6.45) is 0. The zero-order valence-corrected chi connectivity index (χ0v) is 17.2. The van der Waals surface area contributed by atoms with E-state index in [1.807, 2.05) is 20.8 Å². The molecule has 0 bridgehead atoms. The highest BCUT2D eigenvalue weighted by molar-refractivity contribution is 6.37. The fourth-order valence-electron chi connectivity index (χ4n) is 2.92. The maximum atomic E-state index is 12.9. The van der Waals surface area contributed by atoms with E-state index >= 15 is 0 Å². The van der Waals surface area contributed by atoms with Crippen molar-refractivity contribution < 1.29 is 4.79 Å². The lowest BCUT2D eigenvalue weighted by Crippen LogP contribution is -2.52. The number of piperazine rings is 1. The Labute approximate surface area is 169 Å². The van der Waals surface area contributed by atoms with Crippen LogP contribution in [0.25, 0.3) is 5.69 Å². The number of nitrogens with zero attached hydrogens (tertiary/aromatic N) is 4. The predicted octanol–water partition coefficient (Wildman–Crippen LogP) is 3.55. The Morgan fingerprint density at radius 2 is 1.96 bits per heavy atom. The Morgan fingerprint density at radius 1 is 1.31 bits per heavy atom. The number of carbonyl (C=O) groups is 1. The normalized spacial score (nSPS) is 17.3. The quantitative estimate of drug-likeness (QED) is 0.828. The Hall–Kier alpha value is -1.34. The van der Waals surface area contributed by atoms with Gasteiger partial charge >= 0.3 is 0 Å². The number of halogens is 3. The second kappa shape index (κ2) is 8.57. The van der Waals surface area contributed by atoms with E-state index in [1.165, 1.54) is 0 Å². The molecule has 1 aliphatic heterocycles. The molecule has 0 spiro atoms. The molecule has 1 saturated heterocycles. The summed E-state index contributed by atoms with van der Waals surface area (Å²) in [4.78, 5) is 19.2. The van der Waals surface area contributed by atoms with E-state index in [0.29, 0.717) is 28.1 Å². The summed E-state index contributed by atoms with van der Waals surface area (Å²) in [5.74, 6) is 0.717. The van der Waals surface area contributed by atoms with Crippen molar-refractivity contribution in [1.82, 2.24) is 25.0 Å². The molecule has 1 atom stereocenters. The number of rotatable bonds is 3. The SMILES string of the molecule is CC(C)c1nc(C(=O)N2CCNC[C@H]2C)nn1-c1c(Cl)cccc1Cl.Cl. The molecule has 9 heteroatoms. The van der Waals surface area contributed by atoms with Gasteiger partial charge in [-0.15, -0.1) is 17.5 Å². The Kier molecular flexibility index (Phi) is 6.91. The van der Waals surface area contributed by atoms with Crippen molar-refractivity contribution in [2.24, 2.45) is 0 Å². The highest BCUT2D eigenvalue weighted by Crippen LogP contribution is 2.30. The number of para-hydroxylation sites is 1. The number of hydrogen-bond acceptors (Lipinski definition) is 4. The van der Waals surface area contributed by atoms with Gasteiger partial charge in [-0.1, -0.05) is 43.1 Å². The van der Waals surface area contributed by atoms with Crippen molar-refractivity contribution in [2.45, 2.75) is 32.7 Å². The molecule has 0 saturated carbocycles. The molecule has 1 aliphatic rings. The van der Waals surface area contributed by atoms with Gasteiger partial charge in [-0.25, -0.2) is 9.67 Å². The van der Waals surface area contributed by atoms with Gasteiger partial charge in [0.15, 0.2) is 0 Å². The van der Waals surface area contributed by atoms with Gasteiger partial charge in [-0.05, 0) is 19.1 Å². The van der Waals surface area contributed by atoms with E-state index in [0.717, 1.165) is 13.1 Å². The van der Waals surface area contributed by atoms with Crippen LogP contribution in [0.5, 0.6) is 0 Å². The van der Waals surface area contributed by atoms with E-state index in [9.17, 15) is 4.79 Å². The van der Waals surface area contributed by atoms with Crippen molar-refractivity contribution in [3.8, 4) is 5.69 Å². The molecule has 1 N–H and O–H groups in total. The molecule has 1 aromatic heterocycles. The fraction of sp³-hybridized carbons (Fsp3) is 0.471. The molecule has 2 aromatic rings. The summed E-state index contributed by atoms with van der Waals surface area (Å²) < 4.78 is 1.59. The number of nitrogens with one attached hydrogen (secondary N) is 1. The monoisotopic (exact) mass is 417 g/mol. The molecule has 0 radical (unpaired) electrons. The molecule has 0 aliphatic carbocycles. The first-order chi connectivity index (χ1) is 11.9. The van der Waals surface area contributed by atoms with Crippen LogP contribution in [0.4, 0.5) is 0 Å². The van der Waals surface area contributed by atoms with E-state index in [-0.39, 0.29) is 36.1 Å². The first-order valence-corrected chi connectivity index (χ1v) is 9.08. The minimum Gasteiger partial charge on any atom is -0.331 e. The zero-order chi connectivity index (χ0) is 18.1. The topological polar surface area (TPSA) is 63.1 Å². The zero-order valence-electron chi connectivity index (χ0n) is 14.9. The molecule has 2 heterocycles. The number of benzene rings is 1. The lowest BCUT2D eigenvalue weighted by Gasteiger charge is -2.33. The second-order valence-electron chi connectivity index (χ2n) is 6.48. The van der Waals surface area contributed by atoms with Gasteiger partial charge in [-0.2, -0.15) is 0 Å². The van der Waals surface area contributed by atoms with Gasteiger partial charge in [0, 0.05) is 31.6 Å². The van der Waals surface area contributed by atoms with Crippen LogP contribution >= 0.6 is 35.6 Å². The highest BCUT2D eigenvalue weighted by Gasteiger charge is 2.29. The number of carbonyl (C=O) groups excluding carboxylic acids is 1. The summed E-state index contributed by atoms with van der Waals surface area (Å²) >= 11 is 12.6. The molecule has 26 heavy (non-hydrogen) atoms. The fourth-order valence-corrected chi connectivity index (χ4v) is 3.47. The lowest BCUT2D eigenvalue weighted by molar-refractivity contribution is 0.0643. The molecule has 142 valence electrons. The van der Waals surface area contributed by atoms with Crippen LogP contribution in [0, 0.1) is 0 Å². The summed E-state index contributed by atoms with van der Waals surface area (Å²) in [5.41, 5.74) is 0.550. The van der Waals surface area contributed by atoms with E-state index in [4.69, 9.17) is 23.2 Å². The van der Waals surface area contributed by atoms with Crippen molar-refractivity contribution in [3.05, 3.63) is 39.9 Å². The van der Waals surface area contributed by atoms with Gasteiger partial charge in [0.05, 0.1) is 10.0 Å². The Balaban J connectivity index is 0.00000243. The summed E-state index contributed by atoms with van der Waals surface area (Å²) in [6.45, 7) is 8.16. The van der Waals surface area contributed by atoms with Gasteiger partial charge in [0.2, 0.25) is 5.82 Å². The maximum absolute atomic E-state index is 12.9. The third-order valence-electron chi connectivity index (χ3n) is 4.25. The van der Waals surface area contributed by atoms with Crippen molar-refractivity contribution >= 4 is 41.5 Å². The van der Waals surface area contributed by atoms with Crippen LogP contribution in [0.15, 0.2) is 18.2 Å². The van der Waals surface area contributed by atoms with E-state index in [1.54, 1.807) is 27.8 Å². The van der Waals surface area contributed by atoms with Gasteiger partial charge in [0.1, 0.15) is 11.5 Å². The molecular weight excluding hydrogens is 397 g/mol. The van der Waals surface area contributed by atoms with Crippen LogP contribution < -0.4 is 5.32 Å². The van der Waals surface area contributed by atoms with Crippen molar-refractivity contribution in [2.75, 3.05) is 19.6 Å². The Morgan fingerprint density at radius 3 is 2.54 bits per heavy atom. The number of amides is 1. The molecule has 1 aromatic carbocycles. The standard InChI is InChI=1S/C17H21Cl2N5O.ClH/c1-10(2)16-21-15(17(25)23-8-7-20-9-11(23)3)22-24(16)14-12(18)5-4-6-13(14)19;/h4-6,10-11,20H,7-9H2,1-3H3;1H/t11-;/m1./s1. The molecule has 3 rings (SSSR count). The van der Waals surface area contributed by atoms with Crippen molar-refractivity contribution in [3.63, 3.8) is 0 Å². The first-order valence-electron chi connectivity index (χ1n) is 8.33. The van der Waals surface area contributed by atoms with Crippen LogP contribution in [0.3, 0.4) is 0 Å². The number of hydrogen-bond donors (Lipinski definition) is 1. The van der Waals surface area contributed by atoms with Gasteiger partial charge in [-0.3, -0.25) is 4.79 Å². The molecule has 1 fully saturated rings. The molecule has 0 unspecified atom stereocenters.